The Morgan fingerprint density at radius 3 is 2.24 bits per heavy atom. The molecule has 0 bridgehead atoms. The predicted octanol–water partition coefficient (Wildman–Crippen LogP) is 4.52. The van der Waals surface area contributed by atoms with Gasteiger partial charge in [0.15, 0.2) is 0 Å². The van der Waals surface area contributed by atoms with E-state index < -0.39 is 0 Å². The van der Waals surface area contributed by atoms with Crippen LogP contribution >= 0.6 is 0 Å². The van der Waals surface area contributed by atoms with E-state index >= 15 is 0 Å². The van der Waals surface area contributed by atoms with E-state index in [1.165, 1.54) is 0 Å². The molecule has 4 aromatic rings. The maximum Gasteiger partial charge on any atom is 0.257 e. The van der Waals surface area contributed by atoms with Crippen molar-refractivity contribution in [1.29, 1.82) is 0 Å². The highest BCUT2D eigenvalue weighted by atomic mass is 16.3. The van der Waals surface area contributed by atoms with Crippen LogP contribution in [0.2, 0.25) is 0 Å². The number of phenols is 1. The lowest BCUT2D eigenvalue weighted by Gasteiger charge is -2.36. The molecule has 6 nitrogen and oxygen atoms in total. The maximum atomic E-state index is 13.7. The summed E-state index contributed by atoms with van der Waals surface area (Å²) in [6.07, 6.45) is 1.84. The van der Waals surface area contributed by atoms with E-state index in [2.05, 4.69) is 4.90 Å². The first kappa shape index (κ1) is 20.8. The molecular formula is C27H26N4O2. The molecule has 1 amide bonds. The average molecular weight is 439 g/mol. The summed E-state index contributed by atoms with van der Waals surface area (Å²) in [6.45, 7) is 4.52. The summed E-state index contributed by atoms with van der Waals surface area (Å²) in [4.78, 5) is 17.7. The van der Waals surface area contributed by atoms with Crippen molar-refractivity contribution in [1.82, 2.24) is 14.7 Å². The van der Waals surface area contributed by atoms with E-state index in [0.29, 0.717) is 37.4 Å². The van der Waals surface area contributed by atoms with Crippen LogP contribution in [0.1, 0.15) is 15.9 Å². The van der Waals surface area contributed by atoms with E-state index in [-0.39, 0.29) is 11.7 Å². The SMILES string of the molecule is Cc1ccccc1-c1nn(-c2ccccc2)cc1C(=O)N1CCN(c2ccccc2O)CC1. The molecule has 0 spiro atoms. The van der Waals surface area contributed by atoms with Gasteiger partial charge in [0, 0.05) is 37.9 Å². The molecular weight excluding hydrogens is 412 g/mol. The summed E-state index contributed by atoms with van der Waals surface area (Å²) in [5, 5.41) is 15.0. The highest BCUT2D eigenvalue weighted by Crippen LogP contribution is 2.30. The van der Waals surface area contributed by atoms with Crippen molar-refractivity contribution < 1.29 is 9.90 Å². The minimum Gasteiger partial charge on any atom is -0.506 e. The summed E-state index contributed by atoms with van der Waals surface area (Å²) < 4.78 is 1.78. The molecule has 1 aromatic heterocycles. The Hall–Kier alpha value is -4.06. The normalized spacial score (nSPS) is 13.8. The zero-order valence-electron chi connectivity index (χ0n) is 18.6. The van der Waals surface area contributed by atoms with Gasteiger partial charge in [-0.3, -0.25) is 4.79 Å². The first-order chi connectivity index (χ1) is 16.1. The molecule has 33 heavy (non-hydrogen) atoms. The number of phenolic OH excluding ortho intramolecular Hbond substituents is 1. The van der Waals surface area contributed by atoms with Crippen LogP contribution in [0.4, 0.5) is 5.69 Å². The average Bonchev–Trinajstić information content (AvgIpc) is 3.30. The van der Waals surface area contributed by atoms with E-state index in [1.54, 1.807) is 10.7 Å². The van der Waals surface area contributed by atoms with E-state index in [0.717, 1.165) is 22.5 Å². The van der Waals surface area contributed by atoms with Crippen LogP contribution in [0.15, 0.2) is 85.1 Å². The Balaban J connectivity index is 1.45. The van der Waals surface area contributed by atoms with Crippen LogP contribution in [0, 0.1) is 6.92 Å². The summed E-state index contributed by atoms with van der Waals surface area (Å²) in [5.74, 6) is 0.246. The van der Waals surface area contributed by atoms with Crippen molar-refractivity contribution in [3.63, 3.8) is 0 Å². The standard InChI is InChI=1S/C27H26N4O2/c1-20-9-5-6-12-22(20)26-23(19-31(28-26)21-10-3-2-4-11-21)27(33)30-17-15-29(16-18-30)24-13-7-8-14-25(24)32/h2-14,19,32H,15-18H2,1H3. The number of piperazine rings is 1. The molecule has 0 saturated carbocycles. The van der Waals surface area contributed by atoms with Crippen LogP contribution < -0.4 is 4.90 Å². The van der Waals surface area contributed by atoms with E-state index in [9.17, 15) is 9.90 Å². The lowest BCUT2D eigenvalue weighted by atomic mass is 10.0. The predicted molar refractivity (Wildman–Crippen MR) is 130 cm³/mol. The molecule has 1 fully saturated rings. The van der Waals surface area contributed by atoms with Gasteiger partial charge in [-0.2, -0.15) is 5.10 Å². The number of rotatable bonds is 4. The monoisotopic (exact) mass is 438 g/mol. The number of aromatic nitrogens is 2. The molecule has 6 heteroatoms. The fourth-order valence-corrected chi connectivity index (χ4v) is 4.33. The van der Waals surface area contributed by atoms with Crippen LogP contribution in [0.25, 0.3) is 16.9 Å². The summed E-state index contributed by atoms with van der Waals surface area (Å²) in [7, 11) is 0. The molecule has 166 valence electrons. The van der Waals surface area contributed by atoms with Crippen LogP contribution in [-0.2, 0) is 0 Å². The van der Waals surface area contributed by atoms with Gasteiger partial charge >= 0.3 is 0 Å². The highest BCUT2D eigenvalue weighted by Gasteiger charge is 2.27. The number of nitrogens with zero attached hydrogens (tertiary/aromatic N) is 4. The number of carbonyl (C=O) groups excluding carboxylic acids is 1. The molecule has 3 aromatic carbocycles. The summed E-state index contributed by atoms with van der Waals surface area (Å²) in [6, 6.07) is 25.2. The molecule has 1 N–H and O–H groups in total. The second kappa shape index (κ2) is 8.82. The molecule has 1 aliphatic rings. The van der Waals surface area contributed by atoms with Crippen molar-refractivity contribution in [2.75, 3.05) is 31.1 Å². The third kappa shape index (κ3) is 4.07. The molecule has 0 radical (unpaired) electrons. The number of aryl methyl sites for hydroxylation is 1. The molecule has 2 heterocycles. The lowest BCUT2D eigenvalue weighted by molar-refractivity contribution is 0.0747. The van der Waals surface area contributed by atoms with E-state index in [4.69, 9.17) is 5.10 Å². The molecule has 5 rings (SSSR count). The van der Waals surface area contributed by atoms with Gasteiger partial charge in [0.05, 0.1) is 16.9 Å². The number of anilines is 1. The van der Waals surface area contributed by atoms with Gasteiger partial charge in [-0.25, -0.2) is 4.68 Å². The van der Waals surface area contributed by atoms with Gasteiger partial charge in [0.1, 0.15) is 11.4 Å². The number of benzene rings is 3. The third-order valence-corrected chi connectivity index (χ3v) is 6.15. The van der Waals surface area contributed by atoms with Crippen LogP contribution in [0.3, 0.4) is 0 Å². The zero-order chi connectivity index (χ0) is 22.8. The Labute approximate surface area is 193 Å². The summed E-state index contributed by atoms with van der Waals surface area (Å²) in [5.41, 5.74) is 5.06. The largest absolute Gasteiger partial charge is 0.506 e. The Bertz CT molecular complexity index is 1270. The quantitative estimate of drug-likeness (QED) is 0.509. The van der Waals surface area contributed by atoms with Crippen LogP contribution in [0.5, 0.6) is 5.75 Å². The smallest absolute Gasteiger partial charge is 0.257 e. The van der Waals surface area contributed by atoms with Gasteiger partial charge in [0.2, 0.25) is 0 Å². The number of hydrogen-bond donors (Lipinski definition) is 1. The first-order valence-corrected chi connectivity index (χ1v) is 11.1. The van der Waals surface area contributed by atoms with Crippen molar-refractivity contribution in [2.45, 2.75) is 6.92 Å². The fraction of sp³-hybridized carbons (Fsp3) is 0.185. The number of carbonyl (C=O) groups is 1. The van der Waals surface area contributed by atoms with E-state index in [1.807, 2.05) is 90.8 Å². The maximum absolute atomic E-state index is 13.7. The number of hydrogen-bond acceptors (Lipinski definition) is 4. The number of para-hydroxylation sites is 3. The Morgan fingerprint density at radius 2 is 1.52 bits per heavy atom. The van der Waals surface area contributed by atoms with Crippen molar-refractivity contribution in [2.24, 2.45) is 0 Å². The Morgan fingerprint density at radius 1 is 0.848 bits per heavy atom. The second-order valence-corrected chi connectivity index (χ2v) is 8.25. The molecule has 0 unspecified atom stereocenters. The minimum absolute atomic E-state index is 0.0210. The van der Waals surface area contributed by atoms with Gasteiger partial charge in [-0.15, -0.1) is 0 Å². The van der Waals surface area contributed by atoms with Gasteiger partial charge in [-0.05, 0) is 36.8 Å². The van der Waals surface area contributed by atoms with Crippen molar-refractivity contribution in [3.05, 3.63) is 96.2 Å². The number of aromatic hydroxyl groups is 1. The molecule has 0 atom stereocenters. The first-order valence-electron chi connectivity index (χ1n) is 11.1. The van der Waals surface area contributed by atoms with Crippen molar-refractivity contribution in [3.8, 4) is 22.7 Å². The van der Waals surface area contributed by atoms with Gasteiger partial charge < -0.3 is 14.9 Å². The molecule has 1 saturated heterocycles. The number of amides is 1. The van der Waals surface area contributed by atoms with Crippen LogP contribution in [-0.4, -0.2) is 51.9 Å². The Kier molecular flexibility index (Phi) is 5.57. The minimum atomic E-state index is -0.0210. The zero-order valence-corrected chi connectivity index (χ0v) is 18.6. The molecule has 0 aliphatic carbocycles. The second-order valence-electron chi connectivity index (χ2n) is 8.25. The lowest BCUT2D eigenvalue weighted by Crippen LogP contribution is -2.48. The highest BCUT2D eigenvalue weighted by molar-refractivity contribution is 6.00. The summed E-state index contributed by atoms with van der Waals surface area (Å²) >= 11 is 0. The van der Waals surface area contributed by atoms with Gasteiger partial charge in [0.25, 0.3) is 5.91 Å². The fourth-order valence-electron chi connectivity index (χ4n) is 4.33. The topological polar surface area (TPSA) is 61.6 Å². The third-order valence-electron chi connectivity index (χ3n) is 6.15. The molecule has 1 aliphatic heterocycles. The van der Waals surface area contributed by atoms with Gasteiger partial charge in [-0.1, -0.05) is 54.6 Å². The van der Waals surface area contributed by atoms with Crippen molar-refractivity contribution >= 4 is 11.6 Å².